The van der Waals surface area contributed by atoms with Gasteiger partial charge in [-0.05, 0) is 35.4 Å². The molecule has 0 spiro atoms. The lowest BCUT2D eigenvalue weighted by molar-refractivity contribution is -0.129. The van der Waals surface area contributed by atoms with Crippen LogP contribution in [0.25, 0.3) is 0 Å². The minimum absolute atomic E-state index is 0.125. The van der Waals surface area contributed by atoms with Gasteiger partial charge in [-0.15, -0.1) is 0 Å². The van der Waals surface area contributed by atoms with Crippen molar-refractivity contribution in [3.8, 4) is 0 Å². The third kappa shape index (κ3) is 5.06. The van der Waals surface area contributed by atoms with E-state index in [-0.39, 0.29) is 5.91 Å². The number of carbonyl (C=O) groups excluding carboxylic acids is 1. The van der Waals surface area contributed by atoms with Gasteiger partial charge in [0.15, 0.2) is 0 Å². The summed E-state index contributed by atoms with van der Waals surface area (Å²) in [5.41, 5.74) is 3.39. The van der Waals surface area contributed by atoms with Crippen LogP contribution in [-0.2, 0) is 22.5 Å². The van der Waals surface area contributed by atoms with Gasteiger partial charge in [0.25, 0.3) is 0 Å². The van der Waals surface area contributed by atoms with Crippen molar-refractivity contribution >= 4 is 27.5 Å². The van der Waals surface area contributed by atoms with Gasteiger partial charge in [-0.2, -0.15) is 0 Å². The van der Waals surface area contributed by atoms with Gasteiger partial charge in [0, 0.05) is 36.8 Å². The highest BCUT2D eigenvalue weighted by Gasteiger charge is 2.13. The Kier molecular flexibility index (Phi) is 6.10. The molecule has 1 saturated heterocycles. The molecule has 1 aliphatic rings. The van der Waals surface area contributed by atoms with Crippen LogP contribution in [0.5, 0.6) is 0 Å². The van der Waals surface area contributed by atoms with E-state index in [1.807, 2.05) is 31.3 Å². The van der Waals surface area contributed by atoms with E-state index in [1.54, 1.807) is 4.90 Å². The molecular formula is C20H23BrN2O2. The Morgan fingerprint density at radius 1 is 1.04 bits per heavy atom. The number of amides is 1. The zero-order chi connectivity index (χ0) is 17.6. The van der Waals surface area contributed by atoms with Crippen LogP contribution in [0.4, 0.5) is 5.69 Å². The number of nitrogens with zero attached hydrogens (tertiary/aromatic N) is 2. The number of benzene rings is 2. The fourth-order valence-corrected chi connectivity index (χ4v) is 3.17. The van der Waals surface area contributed by atoms with Gasteiger partial charge < -0.3 is 14.5 Å². The predicted molar refractivity (Wildman–Crippen MR) is 104 cm³/mol. The van der Waals surface area contributed by atoms with Crippen molar-refractivity contribution in [2.75, 3.05) is 38.3 Å². The second-order valence-electron chi connectivity index (χ2n) is 6.32. The molecule has 2 aromatic carbocycles. The molecule has 132 valence electrons. The fraction of sp³-hybridized carbons (Fsp3) is 0.350. The first kappa shape index (κ1) is 18.0. The molecule has 0 aromatic heterocycles. The van der Waals surface area contributed by atoms with E-state index in [1.165, 1.54) is 5.69 Å². The summed E-state index contributed by atoms with van der Waals surface area (Å²) in [5, 5.41) is 0. The number of hydrogen-bond donors (Lipinski definition) is 0. The summed E-state index contributed by atoms with van der Waals surface area (Å²) >= 11 is 3.41. The first-order chi connectivity index (χ1) is 12.1. The summed E-state index contributed by atoms with van der Waals surface area (Å²) in [4.78, 5) is 16.5. The molecule has 0 unspecified atom stereocenters. The number of likely N-dealkylation sites (N-methyl/N-ethyl adjacent to an activating group) is 1. The minimum atomic E-state index is 0.125. The van der Waals surface area contributed by atoms with Crippen LogP contribution >= 0.6 is 15.9 Å². The Hall–Kier alpha value is -1.85. The smallest absolute Gasteiger partial charge is 0.227 e. The molecule has 0 N–H and O–H groups in total. The average Bonchev–Trinajstić information content (AvgIpc) is 2.65. The van der Waals surface area contributed by atoms with Crippen LogP contribution in [0.1, 0.15) is 11.1 Å². The monoisotopic (exact) mass is 402 g/mol. The summed E-state index contributed by atoms with van der Waals surface area (Å²) < 4.78 is 6.42. The maximum atomic E-state index is 12.4. The molecule has 0 saturated carbocycles. The van der Waals surface area contributed by atoms with Crippen molar-refractivity contribution in [2.24, 2.45) is 0 Å². The first-order valence-corrected chi connectivity index (χ1v) is 9.31. The molecule has 5 heteroatoms. The van der Waals surface area contributed by atoms with E-state index in [0.29, 0.717) is 13.0 Å². The molecule has 1 fully saturated rings. The Labute approximate surface area is 157 Å². The lowest BCUT2D eigenvalue weighted by Crippen LogP contribution is -2.36. The number of morpholine rings is 1. The zero-order valence-corrected chi connectivity index (χ0v) is 16.0. The molecule has 1 aliphatic heterocycles. The van der Waals surface area contributed by atoms with Crippen molar-refractivity contribution < 1.29 is 9.53 Å². The molecule has 1 amide bonds. The van der Waals surface area contributed by atoms with E-state index in [0.717, 1.165) is 41.9 Å². The van der Waals surface area contributed by atoms with E-state index in [9.17, 15) is 4.79 Å². The fourth-order valence-electron chi connectivity index (χ4n) is 2.91. The third-order valence-electron chi connectivity index (χ3n) is 4.43. The molecule has 3 rings (SSSR count). The topological polar surface area (TPSA) is 32.8 Å². The molecule has 2 aromatic rings. The molecule has 0 aliphatic carbocycles. The van der Waals surface area contributed by atoms with Gasteiger partial charge >= 0.3 is 0 Å². The second kappa shape index (κ2) is 8.50. The number of halogens is 1. The standard InChI is InChI=1S/C20H23BrN2O2/c1-22(20(24)14-16-2-6-18(21)7-3-16)15-17-4-8-19(9-5-17)23-10-12-25-13-11-23/h2-9H,10-15H2,1H3. The Morgan fingerprint density at radius 2 is 1.64 bits per heavy atom. The quantitative estimate of drug-likeness (QED) is 0.767. The van der Waals surface area contributed by atoms with Gasteiger partial charge in [0.1, 0.15) is 0 Å². The van der Waals surface area contributed by atoms with Gasteiger partial charge in [-0.3, -0.25) is 4.79 Å². The minimum Gasteiger partial charge on any atom is -0.378 e. The average molecular weight is 403 g/mol. The maximum Gasteiger partial charge on any atom is 0.227 e. The van der Waals surface area contributed by atoms with Crippen molar-refractivity contribution in [2.45, 2.75) is 13.0 Å². The molecule has 4 nitrogen and oxygen atoms in total. The second-order valence-corrected chi connectivity index (χ2v) is 7.23. The van der Waals surface area contributed by atoms with E-state index < -0.39 is 0 Å². The maximum absolute atomic E-state index is 12.4. The summed E-state index contributed by atoms with van der Waals surface area (Å²) in [6, 6.07) is 16.4. The van der Waals surface area contributed by atoms with Crippen molar-refractivity contribution in [1.29, 1.82) is 0 Å². The van der Waals surface area contributed by atoms with Crippen LogP contribution in [0, 0.1) is 0 Å². The number of anilines is 1. The van der Waals surface area contributed by atoms with E-state index >= 15 is 0 Å². The number of ether oxygens (including phenoxy) is 1. The number of carbonyl (C=O) groups is 1. The summed E-state index contributed by atoms with van der Waals surface area (Å²) in [6.45, 7) is 4.07. The van der Waals surface area contributed by atoms with Crippen molar-refractivity contribution in [1.82, 2.24) is 4.90 Å². The zero-order valence-electron chi connectivity index (χ0n) is 14.5. The molecule has 0 atom stereocenters. The van der Waals surface area contributed by atoms with Crippen molar-refractivity contribution in [3.05, 3.63) is 64.1 Å². The summed E-state index contributed by atoms with van der Waals surface area (Å²) in [7, 11) is 1.86. The molecule has 0 radical (unpaired) electrons. The Morgan fingerprint density at radius 3 is 2.28 bits per heavy atom. The highest BCUT2D eigenvalue weighted by atomic mass is 79.9. The highest BCUT2D eigenvalue weighted by Crippen LogP contribution is 2.18. The van der Waals surface area contributed by atoms with E-state index in [4.69, 9.17) is 4.74 Å². The molecule has 1 heterocycles. The molecule has 0 bridgehead atoms. The lowest BCUT2D eigenvalue weighted by Gasteiger charge is -2.29. The highest BCUT2D eigenvalue weighted by molar-refractivity contribution is 9.10. The van der Waals surface area contributed by atoms with E-state index in [2.05, 4.69) is 45.1 Å². The van der Waals surface area contributed by atoms with Gasteiger partial charge in [0.2, 0.25) is 5.91 Å². The Balaban J connectivity index is 1.55. The van der Waals surface area contributed by atoms with Crippen LogP contribution in [0.3, 0.4) is 0 Å². The summed E-state index contributed by atoms with van der Waals surface area (Å²) in [6.07, 6.45) is 0.426. The number of rotatable bonds is 5. The Bertz CT molecular complexity index is 695. The van der Waals surface area contributed by atoms with Gasteiger partial charge in [-0.1, -0.05) is 40.2 Å². The van der Waals surface area contributed by atoms with Crippen LogP contribution in [0.2, 0.25) is 0 Å². The van der Waals surface area contributed by atoms with Crippen molar-refractivity contribution in [3.63, 3.8) is 0 Å². The molecule has 25 heavy (non-hydrogen) atoms. The van der Waals surface area contributed by atoms with Crippen LogP contribution in [0.15, 0.2) is 53.0 Å². The lowest BCUT2D eigenvalue weighted by atomic mass is 10.1. The van der Waals surface area contributed by atoms with Crippen LogP contribution in [-0.4, -0.2) is 44.2 Å². The summed E-state index contributed by atoms with van der Waals surface area (Å²) in [5.74, 6) is 0.125. The van der Waals surface area contributed by atoms with Gasteiger partial charge in [0.05, 0.1) is 19.6 Å². The van der Waals surface area contributed by atoms with Crippen LogP contribution < -0.4 is 4.90 Å². The normalized spacial score (nSPS) is 14.4. The largest absolute Gasteiger partial charge is 0.378 e. The third-order valence-corrected chi connectivity index (χ3v) is 4.96. The predicted octanol–water partition coefficient (Wildman–Crippen LogP) is 3.49. The SMILES string of the molecule is CN(Cc1ccc(N2CCOCC2)cc1)C(=O)Cc1ccc(Br)cc1. The van der Waals surface area contributed by atoms with Gasteiger partial charge in [-0.25, -0.2) is 0 Å². The molecular weight excluding hydrogens is 380 g/mol. The first-order valence-electron chi connectivity index (χ1n) is 8.52. The number of hydrogen-bond acceptors (Lipinski definition) is 3.